The summed E-state index contributed by atoms with van der Waals surface area (Å²) in [7, 11) is 1.45. The number of hydrogen-bond acceptors (Lipinski definition) is 5. The maximum atomic E-state index is 13.5. The first-order valence-electron chi connectivity index (χ1n) is 10.9. The van der Waals surface area contributed by atoms with Gasteiger partial charge in [0.05, 0.1) is 30.0 Å². The van der Waals surface area contributed by atoms with Gasteiger partial charge < -0.3 is 15.4 Å². The monoisotopic (exact) mass is 474 g/mol. The van der Waals surface area contributed by atoms with Crippen molar-refractivity contribution in [1.82, 2.24) is 9.55 Å². The number of hydrogen-bond donors (Lipinski definition) is 2. The molecule has 4 rings (SSSR count). The fourth-order valence-electron chi connectivity index (χ4n) is 3.65. The molecule has 9 heteroatoms. The van der Waals surface area contributed by atoms with Gasteiger partial charge in [0, 0.05) is 24.2 Å². The Hall–Kier alpha value is -4.53. The van der Waals surface area contributed by atoms with E-state index < -0.39 is 11.7 Å². The number of carbonyl (C=O) groups is 2. The second-order valence-electron chi connectivity index (χ2n) is 7.89. The average Bonchev–Trinajstić information content (AvgIpc) is 2.84. The number of anilines is 2. The molecule has 0 spiro atoms. The lowest BCUT2D eigenvalue weighted by Gasteiger charge is -2.13. The van der Waals surface area contributed by atoms with Crippen LogP contribution in [0.25, 0.3) is 10.9 Å². The number of carbonyl (C=O) groups excluding carboxylic acids is 2. The van der Waals surface area contributed by atoms with Gasteiger partial charge in [0.25, 0.3) is 11.5 Å². The number of benzene rings is 3. The molecule has 0 aliphatic heterocycles. The number of aromatic nitrogens is 2. The summed E-state index contributed by atoms with van der Waals surface area (Å²) in [5.41, 5.74) is 2.22. The molecule has 0 atom stereocenters. The molecule has 35 heavy (non-hydrogen) atoms. The van der Waals surface area contributed by atoms with E-state index in [1.807, 2.05) is 13.0 Å². The smallest absolute Gasteiger partial charge is 0.261 e. The number of halogens is 1. The van der Waals surface area contributed by atoms with Gasteiger partial charge in [-0.25, -0.2) is 9.37 Å². The molecule has 1 aromatic heterocycles. The molecule has 1 heterocycles. The van der Waals surface area contributed by atoms with E-state index in [2.05, 4.69) is 15.6 Å². The molecule has 3 aromatic carbocycles. The average molecular weight is 474 g/mol. The van der Waals surface area contributed by atoms with Crippen LogP contribution in [0.1, 0.15) is 22.3 Å². The largest absolute Gasteiger partial charge is 0.495 e. The summed E-state index contributed by atoms with van der Waals surface area (Å²) in [5.74, 6) is -1.00. The minimum Gasteiger partial charge on any atom is -0.495 e. The number of ether oxygens (including phenoxy) is 1. The highest BCUT2D eigenvalue weighted by atomic mass is 19.1. The SMILES string of the molecule is COc1ccc(NC(=O)CCn2cnc3c(C)cccc3c2=O)cc1NC(=O)c1cccc(F)c1. The number of fused-ring (bicyclic) bond motifs is 1. The summed E-state index contributed by atoms with van der Waals surface area (Å²) < 4.78 is 20.1. The predicted molar refractivity (Wildman–Crippen MR) is 131 cm³/mol. The van der Waals surface area contributed by atoms with Crippen molar-refractivity contribution in [3.8, 4) is 5.75 Å². The number of amides is 2. The zero-order valence-corrected chi connectivity index (χ0v) is 19.2. The van der Waals surface area contributed by atoms with Gasteiger partial charge in [-0.2, -0.15) is 0 Å². The van der Waals surface area contributed by atoms with Gasteiger partial charge >= 0.3 is 0 Å². The van der Waals surface area contributed by atoms with Gasteiger partial charge in [-0.05, 0) is 55.0 Å². The van der Waals surface area contributed by atoms with Gasteiger partial charge in [-0.1, -0.05) is 18.2 Å². The van der Waals surface area contributed by atoms with Crippen molar-refractivity contribution in [2.45, 2.75) is 19.9 Å². The third kappa shape index (κ3) is 5.35. The van der Waals surface area contributed by atoms with Gasteiger partial charge in [0.2, 0.25) is 5.91 Å². The summed E-state index contributed by atoms with van der Waals surface area (Å²) in [5, 5.41) is 5.92. The molecule has 0 aliphatic carbocycles. The van der Waals surface area contributed by atoms with E-state index in [0.717, 1.165) is 11.6 Å². The Kier molecular flexibility index (Phi) is 6.86. The molecular weight excluding hydrogens is 451 g/mol. The number of methoxy groups -OCH3 is 1. The van der Waals surface area contributed by atoms with E-state index >= 15 is 0 Å². The molecular formula is C26H23FN4O4. The Morgan fingerprint density at radius 2 is 1.86 bits per heavy atom. The van der Waals surface area contributed by atoms with Crippen molar-refractivity contribution >= 4 is 34.1 Å². The Morgan fingerprint density at radius 3 is 2.63 bits per heavy atom. The van der Waals surface area contributed by atoms with Crippen LogP contribution in [0.4, 0.5) is 15.8 Å². The molecule has 0 bridgehead atoms. The van der Waals surface area contributed by atoms with Crippen molar-refractivity contribution in [2.24, 2.45) is 0 Å². The van der Waals surface area contributed by atoms with Gasteiger partial charge in [-0.15, -0.1) is 0 Å². The Balaban J connectivity index is 1.45. The number of nitrogens with one attached hydrogen (secondary N) is 2. The van der Waals surface area contributed by atoms with Crippen LogP contribution in [0.3, 0.4) is 0 Å². The highest BCUT2D eigenvalue weighted by Crippen LogP contribution is 2.28. The van der Waals surface area contributed by atoms with Crippen LogP contribution in [-0.4, -0.2) is 28.5 Å². The maximum Gasteiger partial charge on any atom is 0.261 e. The summed E-state index contributed by atoms with van der Waals surface area (Å²) in [6.07, 6.45) is 1.48. The third-order valence-corrected chi connectivity index (χ3v) is 5.45. The van der Waals surface area contributed by atoms with Crippen LogP contribution in [-0.2, 0) is 11.3 Å². The number of aryl methyl sites for hydroxylation is 2. The Labute approximate surface area is 200 Å². The normalized spacial score (nSPS) is 10.7. The molecule has 0 saturated carbocycles. The van der Waals surface area contributed by atoms with Crippen molar-refractivity contribution in [2.75, 3.05) is 17.7 Å². The number of rotatable bonds is 7. The summed E-state index contributed by atoms with van der Waals surface area (Å²) >= 11 is 0. The zero-order chi connectivity index (χ0) is 24.9. The van der Waals surface area contributed by atoms with E-state index in [4.69, 9.17) is 4.74 Å². The van der Waals surface area contributed by atoms with Crippen LogP contribution < -0.4 is 20.9 Å². The summed E-state index contributed by atoms with van der Waals surface area (Å²) in [6.45, 7) is 2.04. The first kappa shape index (κ1) is 23.6. The van der Waals surface area contributed by atoms with Gasteiger partial charge in [0.15, 0.2) is 0 Å². The van der Waals surface area contributed by atoms with Crippen molar-refractivity contribution < 1.29 is 18.7 Å². The lowest BCUT2D eigenvalue weighted by Crippen LogP contribution is -2.24. The molecule has 4 aromatic rings. The van der Waals surface area contributed by atoms with Crippen LogP contribution in [0, 0.1) is 12.7 Å². The van der Waals surface area contributed by atoms with Gasteiger partial charge in [0.1, 0.15) is 11.6 Å². The Bertz CT molecular complexity index is 1480. The van der Waals surface area contributed by atoms with E-state index in [9.17, 15) is 18.8 Å². The van der Waals surface area contributed by atoms with Crippen LogP contribution >= 0.6 is 0 Å². The second kappa shape index (κ2) is 10.2. The highest BCUT2D eigenvalue weighted by Gasteiger charge is 2.13. The van der Waals surface area contributed by atoms with Crippen LogP contribution in [0.2, 0.25) is 0 Å². The van der Waals surface area contributed by atoms with E-state index in [1.54, 1.807) is 30.3 Å². The number of nitrogens with zero attached hydrogens (tertiary/aromatic N) is 2. The molecule has 0 radical (unpaired) electrons. The lowest BCUT2D eigenvalue weighted by atomic mass is 10.1. The molecule has 2 amide bonds. The standard InChI is InChI=1S/C26H23FN4O4/c1-16-5-3-8-20-24(16)28-15-31(26(20)34)12-11-23(32)29-19-9-10-22(35-2)21(14-19)30-25(33)17-6-4-7-18(27)13-17/h3-10,13-15H,11-12H2,1-2H3,(H,29,32)(H,30,33). The predicted octanol–water partition coefficient (Wildman–Crippen LogP) is 4.13. The quantitative estimate of drug-likeness (QED) is 0.419. The third-order valence-electron chi connectivity index (χ3n) is 5.45. The first-order chi connectivity index (χ1) is 16.9. The molecule has 0 fully saturated rings. The highest BCUT2D eigenvalue weighted by molar-refractivity contribution is 6.05. The van der Waals surface area contributed by atoms with Gasteiger partial charge in [-0.3, -0.25) is 19.0 Å². The molecule has 0 aliphatic rings. The molecule has 8 nitrogen and oxygen atoms in total. The summed E-state index contributed by atoms with van der Waals surface area (Å²) in [4.78, 5) is 42.1. The van der Waals surface area contributed by atoms with Crippen molar-refractivity contribution in [3.63, 3.8) is 0 Å². The summed E-state index contributed by atoms with van der Waals surface area (Å²) in [6, 6.07) is 15.5. The van der Waals surface area contributed by atoms with Crippen molar-refractivity contribution in [3.05, 3.63) is 94.3 Å². The van der Waals surface area contributed by atoms with E-state index in [1.165, 1.54) is 36.2 Å². The van der Waals surface area contributed by atoms with Crippen molar-refractivity contribution in [1.29, 1.82) is 0 Å². The fourth-order valence-corrected chi connectivity index (χ4v) is 3.65. The molecule has 178 valence electrons. The minimum absolute atomic E-state index is 0.0376. The second-order valence-corrected chi connectivity index (χ2v) is 7.89. The minimum atomic E-state index is -0.526. The van der Waals surface area contributed by atoms with Crippen LogP contribution in [0.5, 0.6) is 5.75 Å². The lowest BCUT2D eigenvalue weighted by molar-refractivity contribution is -0.116. The first-order valence-corrected chi connectivity index (χ1v) is 10.9. The van der Waals surface area contributed by atoms with Crippen LogP contribution in [0.15, 0.2) is 71.8 Å². The molecule has 0 saturated heterocycles. The van der Waals surface area contributed by atoms with E-state index in [-0.39, 0.29) is 30.0 Å². The Morgan fingerprint density at radius 1 is 1.06 bits per heavy atom. The topological polar surface area (TPSA) is 102 Å². The number of para-hydroxylation sites is 1. The molecule has 2 N–H and O–H groups in total. The maximum absolute atomic E-state index is 13.5. The molecule has 0 unspecified atom stereocenters. The van der Waals surface area contributed by atoms with E-state index in [0.29, 0.717) is 28.0 Å². The fraction of sp³-hybridized carbons (Fsp3) is 0.154. The zero-order valence-electron chi connectivity index (χ0n) is 19.2.